The number of rotatable bonds is 6. The number of hydrogen-bond acceptors (Lipinski definition) is 6. The normalized spacial score (nSPS) is 19.2. The molecule has 1 saturated heterocycles. The van der Waals surface area contributed by atoms with Crippen molar-refractivity contribution in [3.05, 3.63) is 17.5 Å². The molecule has 1 aliphatic rings. The highest BCUT2D eigenvalue weighted by Gasteiger charge is 2.33. The number of aromatic nitrogens is 2. The number of nitrogens with zero attached hydrogens (tertiary/aromatic N) is 4. The number of carbonyl (C=O) groups excluding carboxylic acids is 1. The Morgan fingerprint density at radius 1 is 1.21 bits per heavy atom. The molecule has 8 heteroatoms. The summed E-state index contributed by atoms with van der Waals surface area (Å²) in [6, 6.07) is 1.56. The predicted molar refractivity (Wildman–Crippen MR) is 94.1 cm³/mol. The molecule has 0 spiro atoms. The third-order valence-corrected chi connectivity index (χ3v) is 6.11. The third kappa shape index (κ3) is 4.03. The summed E-state index contributed by atoms with van der Waals surface area (Å²) in [7, 11) is -2.99. The van der Waals surface area contributed by atoms with Gasteiger partial charge in [-0.15, -0.1) is 0 Å². The molecule has 1 unspecified atom stereocenters. The number of aryl methyl sites for hydroxylation is 1. The number of hydrogen-bond donors (Lipinski definition) is 0. The molecule has 1 aliphatic heterocycles. The first-order chi connectivity index (χ1) is 11.3. The van der Waals surface area contributed by atoms with Crippen LogP contribution in [0.3, 0.4) is 0 Å². The van der Waals surface area contributed by atoms with E-state index in [0.717, 1.165) is 0 Å². The summed E-state index contributed by atoms with van der Waals surface area (Å²) in [6.45, 7) is 9.46. The maximum absolute atomic E-state index is 12.6. The van der Waals surface area contributed by atoms with Crippen LogP contribution in [-0.2, 0) is 9.84 Å². The summed E-state index contributed by atoms with van der Waals surface area (Å²) in [5.74, 6) is 0.639. The quantitative estimate of drug-likeness (QED) is 0.765. The first-order valence-electron chi connectivity index (χ1n) is 8.43. The lowest BCUT2D eigenvalue weighted by molar-refractivity contribution is 0.0767. The zero-order valence-corrected chi connectivity index (χ0v) is 15.6. The summed E-state index contributed by atoms with van der Waals surface area (Å²) in [4.78, 5) is 25.1. The molecule has 0 aliphatic carbocycles. The zero-order valence-electron chi connectivity index (χ0n) is 14.8. The molecule has 7 nitrogen and oxygen atoms in total. The maximum Gasteiger partial charge on any atom is 0.272 e. The van der Waals surface area contributed by atoms with Gasteiger partial charge in [-0.05, 0) is 40.2 Å². The van der Waals surface area contributed by atoms with Gasteiger partial charge in [0.2, 0.25) is 5.95 Å². The predicted octanol–water partition coefficient (Wildman–Crippen LogP) is 1.28. The minimum absolute atomic E-state index is 0.122. The largest absolute Gasteiger partial charge is 0.338 e. The third-order valence-electron chi connectivity index (χ3n) is 4.36. The summed E-state index contributed by atoms with van der Waals surface area (Å²) in [6.07, 6.45) is 0.576. The van der Waals surface area contributed by atoms with Crippen LogP contribution in [0.4, 0.5) is 5.95 Å². The molecule has 1 aromatic heterocycles. The first kappa shape index (κ1) is 18.6. The minimum atomic E-state index is -2.99. The van der Waals surface area contributed by atoms with Crippen molar-refractivity contribution in [3.8, 4) is 0 Å². The molecular formula is C16H26N4O3S. The van der Waals surface area contributed by atoms with Crippen LogP contribution in [0.1, 0.15) is 43.4 Å². The molecule has 1 atom stereocenters. The standard InChI is InChI=1S/C16H26N4O3S/c1-5-19(6-2)15(21)14-10-12(4)17-16(18-14)20(7-3)13-8-9-24(22,23)11-13/h10,13H,5-9,11H2,1-4H3. The van der Waals surface area contributed by atoms with Crippen LogP contribution in [0.2, 0.25) is 0 Å². The highest BCUT2D eigenvalue weighted by atomic mass is 32.2. The molecule has 24 heavy (non-hydrogen) atoms. The molecule has 1 aromatic rings. The van der Waals surface area contributed by atoms with E-state index in [1.54, 1.807) is 11.0 Å². The average Bonchev–Trinajstić information content (AvgIpc) is 2.88. The Labute approximate surface area is 144 Å². The van der Waals surface area contributed by atoms with Crippen LogP contribution >= 0.6 is 0 Å². The molecule has 1 amide bonds. The second kappa shape index (κ2) is 7.46. The monoisotopic (exact) mass is 354 g/mol. The van der Waals surface area contributed by atoms with Gasteiger partial charge >= 0.3 is 0 Å². The second-order valence-electron chi connectivity index (χ2n) is 6.01. The van der Waals surface area contributed by atoms with E-state index in [9.17, 15) is 13.2 Å². The van der Waals surface area contributed by atoms with Crippen LogP contribution in [0.15, 0.2) is 6.07 Å². The van der Waals surface area contributed by atoms with E-state index in [1.807, 2.05) is 32.6 Å². The minimum Gasteiger partial charge on any atom is -0.338 e. The van der Waals surface area contributed by atoms with Crippen LogP contribution in [0, 0.1) is 6.92 Å². The van der Waals surface area contributed by atoms with Gasteiger partial charge in [0.1, 0.15) is 5.69 Å². The molecule has 0 N–H and O–H groups in total. The Kier molecular flexibility index (Phi) is 5.79. The van der Waals surface area contributed by atoms with Crippen molar-refractivity contribution in [1.82, 2.24) is 14.9 Å². The smallest absolute Gasteiger partial charge is 0.272 e. The first-order valence-corrected chi connectivity index (χ1v) is 10.2. The van der Waals surface area contributed by atoms with Gasteiger partial charge in [0, 0.05) is 31.4 Å². The number of carbonyl (C=O) groups is 1. The average molecular weight is 354 g/mol. The van der Waals surface area contributed by atoms with Crippen molar-refractivity contribution in [3.63, 3.8) is 0 Å². The van der Waals surface area contributed by atoms with Gasteiger partial charge in [-0.1, -0.05) is 0 Å². The molecule has 0 saturated carbocycles. The lowest BCUT2D eigenvalue weighted by Gasteiger charge is -2.27. The van der Waals surface area contributed by atoms with E-state index >= 15 is 0 Å². The van der Waals surface area contributed by atoms with E-state index in [-0.39, 0.29) is 23.5 Å². The van der Waals surface area contributed by atoms with E-state index in [0.29, 0.717) is 43.4 Å². The Balaban J connectivity index is 2.34. The van der Waals surface area contributed by atoms with Gasteiger partial charge in [-0.2, -0.15) is 0 Å². The fourth-order valence-corrected chi connectivity index (χ4v) is 4.78. The van der Waals surface area contributed by atoms with Crippen molar-refractivity contribution in [2.45, 2.75) is 40.2 Å². The van der Waals surface area contributed by atoms with Crippen LogP contribution < -0.4 is 4.90 Å². The Hall–Kier alpha value is -1.70. The highest BCUT2D eigenvalue weighted by Crippen LogP contribution is 2.22. The molecular weight excluding hydrogens is 328 g/mol. The van der Waals surface area contributed by atoms with E-state index in [1.165, 1.54) is 0 Å². The topological polar surface area (TPSA) is 83.5 Å². The molecule has 2 heterocycles. The fraction of sp³-hybridized carbons (Fsp3) is 0.688. The summed E-state index contributed by atoms with van der Waals surface area (Å²) in [5.41, 5.74) is 1.07. The summed E-state index contributed by atoms with van der Waals surface area (Å²) < 4.78 is 23.5. The number of sulfone groups is 1. The van der Waals surface area contributed by atoms with Crippen LogP contribution in [-0.4, -0.2) is 66.4 Å². The van der Waals surface area contributed by atoms with Gasteiger partial charge in [0.25, 0.3) is 5.91 Å². The van der Waals surface area contributed by atoms with Gasteiger partial charge in [0.15, 0.2) is 9.84 Å². The van der Waals surface area contributed by atoms with Gasteiger partial charge < -0.3 is 9.80 Å². The van der Waals surface area contributed by atoms with E-state index in [2.05, 4.69) is 9.97 Å². The van der Waals surface area contributed by atoms with E-state index < -0.39 is 9.84 Å². The van der Waals surface area contributed by atoms with Gasteiger partial charge in [-0.3, -0.25) is 4.79 Å². The van der Waals surface area contributed by atoms with Crippen molar-refractivity contribution < 1.29 is 13.2 Å². The molecule has 134 valence electrons. The SMILES string of the molecule is CCN(CC)C(=O)c1cc(C)nc(N(CC)C2CCS(=O)(=O)C2)n1. The van der Waals surface area contributed by atoms with Crippen molar-refractivity contribution >= 4 is 21.7 Å². The summed E-state index contributed by atoms with van der Waals surface area (Å²) in [5, 5.41) is 0. The van der Waals surface area contributed by atoms with Crippen molar-refractivity contribution in [2.75, 3.05) is 36.0 Å². The molecule has 0 aromatic carbocycles. The van der Waals surface area contributed by atoms with Crippen molar-refractivity contribution in [1.29, 1.82) is 0 Å². The summed E-state index contributed by atoms with van der Waals surface area (Å²) >= 11 is 0. The number of amides is 1. The maximum atomic E-state index is 12.6. The van der Waals surface area contributed by atoms with Gasteiger partial charge in [0.05, 0.1) is 11.5 Å². The van der Waals surface area contributed by atoms with Crippen LogP contribution in [0.25, 0.3) is 0 Å². The van der Waals surface area contributed by atoms with Gasteiger partial charge in [-0.25, -0.2) is 18.4 Å². The molecule has 2 rings (SSSR count). The van der Waals surface area contributed by atoms with Crippen LogP contribution in [0.5, 0.6) is 0 Å². The Morgan fingerprint density at radius 3 is 2.38 bits per heavy atom. The molecule has 1 fully saturated rings. The fourth-order valence-electron chi connectivity index (χ4n) is 3.05. The Bertz CT molecular complexity index is 701. The highest BCUT2D eigenvalue weighted by molar-refractivity contribution is 7.91. The van der Waals surface area contributed by atoms with E-state index in [4.69, 9.17) is 0 Å². The molecule has 0 radical (unpaired) electrons. The lowest BCUT2D eigenvalue weighted by atomic mass is 10.2. The lowest BCUT2D eigenvalue weighted by Crippen LogP contribution is -2.38. The van der Waals surface area contributed by atoms with Crippen molar-refractivity contribution in [2.24, 2.45) is 0 Å². The second-order valence-corrected chi connectivity index (χ2v) is 8.24. The Morgan fingerprint density at radius 2 is 1.88 bits per heavy atom. The zero-order chi connectivity index (χ0) is 17.9. The number of anilines is 1. The molecule has 0 bridgehead atoms.